The lowest BCUT2D eigenvalue weighted by Crippen LogP contribution is -2.69. The fourth-order valence-electron chi connectivity index (χ4n) is 3.76. The van der Waals surface area contributed by atoms with Crippen molar-refractivity contribution in [1.29, 1.82) is 0 Å². The largest absolute Gasteiger partial charge is 0.366 e. The number of piperidine rings is 1. The van der Waals surface area contributed by atoms with Gasteiger partial charge in [0.05, 0.1) is 18.4 Å². The third-order valence-corrected chi connectivity index (χ3v) is 6.08. The molecule has 9 heteroatoms. The maximum atomic E-state index is 12.4. The van der Waals surface area contributed by atoms with Crippen LogP contribution in [0.2, 0.25) is 5.02 Å². The molecule has 0 radical (unpaired) electrons. The lowest BCUT2D eigenvalue weighted by Gasteiger charge is -2.56. The molecule has 0 aliphatic carbocycles. The second-order valence-electron chi connectivity index (χ2n) is 6.95. The van der Waals surface area contributed by atoms with Crippen molar-refractivity contribution in [3.8, 4) is 0 Å². The summed E-state index contributed by atoms with van der Waals surface area (Å²) in [6.45, 7) is 1.83. The number of nitrogens with zero attached hydrogens (tertiary/aromatic N) is 4. The van der Waals surface area contributed by atoms with E-state index in [1.165, 1.54) is 4.68 Å². The summed E-state index contributed by atoms with van der Waals surface area (Å²) in [4.78, 5) is 28.7. The van der Waals surface area contributed by atoms with Crippen LogP contribution in [0.25, 0.3) is 0 Å². The van der Waals surface area contributed by atoms with Gasteiger partial charge in [-0.25, -0.2) is 4.68 Å². The first kappa shape index (κ1) is 18.5. The molecule has 1 N–H and O–H groups in total. The predicted molar refractivity (Wildman–Crippen MR) is 108 cm³/mol. The third-order valence-electron chi connectivity index (χ3n) is 5.20. The number of rotatable bonds is 4. The van der Waals surface area contributed by atoms with Crippen LogP contribution in [0, 0.1) is 0 Å². The summed E-state index contributed by atoms with van der Waals surface area (Å²) in [5.74, 6) is -0.0197. The Kier molecular flexibility index (Phi) is 4.96. The van der Waals surface area contributed by atoms with E-state index in [9.17, 15) is 9.59 Å². The fourth-order valence-corrected chi connectivity index (χ4v) is 4.32. The number of carbonyl (C=O) groups excluding carboxylic acids is 1. The van der Waals surface area contributed by atoms with Crippen LogP contribution in [0.4, 0.5) is 11.4 Å². The molecule has 3 fully saturated rings. The summed E-state index contributed by atoms with van der Waals surface area (Å²) >= 11 is 9.60. The van der Waals surface area contributed by atoms with Crippen molar-refractivity contribution in [2.75, 3.05) is 29.9 Å². The smallest absolute Gasteiger partial charge is 0.287 e. The standard InChI is InChI=1S/C18H19BrClN5O2/c1-23-18(27)17(20)15(7-21-23)24-8-13-6-14(9-24)25(13)10-16(26)22-12-4-2-11(19)3-5-12/h2-5,7,13-14H,6,8-10H2,1H3,(H,22,26). The van der Waals surface area contributed by atoms with Gasteiger partial charge in [-0.05, 0) is 30.7 Å². The van der Waals surface area contributed by atoms with Gasteiger partial charge in [0.1, 0.15) is 5.02 Å². The van der Waals surface area contributed by atoms with Gasteiger partial charge in [-0.15, -0.1) is 0 Å². The number of amides is 1. The molecule has 0 spiro atoms. The number of fused-ring (bicyclic) bond motifs is 2. The summed E-state index contributed by atoms with van der Waals surface area (Å²) in [5, 5.41) is 7.21. The van der Waals surface area contributed by atoms with Gasteiger partial charge in [0.2, 0.25) is 5.91 Å². The van der Waals surface area contributed by atoms with Crippen molar-refractivity contribution >= 4 is 44.8 Å². The van der Waals surface area contributed by atoms with E-state index in [0.29, 0.717) is 12.2 Å². The number of aryl methyl sites for hydroxylation is 1. The molecule has 1 amide bonds. The summed E-state index contributed by atoms with van der Waals surface area (Å²) < 4.78 is 2.21. The highest BCUT2D eigenvalue weighted by Crippen LogP contribution is 2.35. The number of piperazine rings is 1. The first-order valence-corrected chi connectivity index (χ1v) is 9.87. The molecule has 142 valence electrons. The average molecular weight is 453 g/mol. The van der Waals surface area contributed by atoms with Crippen molar-refractivity contribution < 1.29 is 4.79 Å². The van der Waals surface area contributed by atoms with Crippen LogP contribution >= 0.6 is 27.5 Å². The molecule has 2 bridgehead atoms. The number of hydrogen-bond acceptors (Lipinski definition) is 5. The van der Waals surface area contributed by atoms with Crippen molar-refractivity contribution in [2.24, 2.45) is 7.05 Å². The van der Waals surface area contributed by atoms with Crippen molar-refractivity contribution in [2.45, 2.75) is 18.5 Å². The van der Waals surface area contributed by atoms with Crippen LogP contribution in [0.3, 0.4) is 0 Å². The second-order valence-corrected chi connectivity index (χ2v) is 8.24. The summed E-state index contributed by atoms with van der Waals surface area (Å²) in [7, 11) is 1.58. The summed E-state index contributed by atoms with van der Waals surface area (Å²) in [6, 6.07) is 8.08. The van der Waals surface area contributed by atoms with E-state index in [-0.39, 0.29) is 28.6 Å². The molecule has 1 aromatic heterocycles. The Labute approximate surface area is 170 Å². The predicted octanol–water partition coefficient (Wildman–Crippen LogP) is 2.10. The Morgan fingerprint density at radius 2 is 1.96 bits per heavy atom. The second kappa shape index (κ2) is 7.26. The number of benzene rings is 1. The van der Waals surface area contributed by atoms with Gasteiger partial charge < -0.3 is 10.2 Å². The molecule has 1 aromatic carbocycles. The number of aromatic nitrogens is 2. The molecule has 3 aliphatic heterocycles. The van der Waals surface area contributed by atoms with Gasteiger partial charge in [-0.2, -0.15) is 5.10 Å². The van der Waals surface area contributed by atoms with Crippen LogP contribution in [0.15, 0.2) is 39.7 Å². The lowest BCUT2D eigenvalue weighted by molar-refractivity contribution is -0.121. The van der Waals surface area contributed by atoms with Gasteiger partial charge in [-0.3, -0.25) is 14.5 Å². The minimum absolute atomic E-state index is 0.0197. The molecule has 27 heavy (non-hydrogen) atoms. The van der Waals surface area contributed by atoms with E-state index in [0.717, 1.165) is 29.7 Å². The van der Waals surface area contributed by atoms with Crippen LogP contribution in [-0.2, 0) is 11.8 Å². The quantitative estimate of drug-likeness (QED) is 0.769. The highest BCUT2D eigenvalue weighted by molar-refractivity contribution is 9.10. The summed E-state index contributed by atoms with van der Waals surface area (Å²) in [5.41, 5.74) is 1.17. The maximum absolute atomic E-state index is 12.4. The monoisotopic (exact) mass is 451 g/mol. The first-order valence-electron chi connectivity index (χ1n) is 8.70. The molecule has 4 heterocycles. The van der Waals surface area contributed by atoms with E-state index in [2.05, 4.69) is 36.1 Å². The SMILES string of the molecule is Cn1ncc(N2CC3CC(C2)N3CC(=O)Nc2ccc(Br)cc2)c(Cl)c1=O. The number of hydrogen-bond donors (Lipinski definition) is 1. The minimum Gasteiger partial charge on any atom is -0.366 e. The van der Waals surface area contributed by atoms with Crippen molar-refractivity contribution in [1.82, 2.24) is 14.7 Å². The van der Waals surface area contributed by atoms with Crippen LogP contribution in [0.1, 0.15) is 6.42 Å². The maximum Gasteiger partial charge on any atom is 0.287 e. The van der Waals surface area contributed by atoms with E-state index in [1.807, 2.05) is 24.3 Å². The highest BCUT2D eigenvalue weighted by Gasteiger charge is 2.45. The Bertz CT molecular complexity index is 920. The van der Waals surface area contributed by atoms with Gasteiger partial charge in [0.15, 0.2) is 0 Å². The van der Waals surface area contributed by atoms with Gasteiger partial charge in [0.25, 0.3) is 5.56 Å². The number of carbonyl (C=O) groups is 1. The molecule has 2 atom stereocenters. The Morgan fingerprint density at radius 3 is 2.63 bits per heavy atom. The van der Waals surface area contributed by atoms with Crippen molar-refractivity contribution in [3.05, 3.63) is 50.3 Å². The molecule has 3 aliphatic rings. The van der Waals surface area contributed by atoms with Gasteiger partial charge in [-0.1, -0.05) is 27.5 Å². The third kappa shape index (κ3) is 3.61. The average Bonchev–Trinajstić information content (AvgIpc) is 2.66. The lowest BCUT2D eigenvalue weighted by atomic mass is 9.87. The van der Waals surface area contributed by atoms with Gasteiger partial charge >= 0.3 is 0 Å². The minimum atomic E-state index is -0.292. The molecule has 3 saturated heterocycles. The molecule has 2 unspecified atom stereocenters. The molecular formula is C18H19BrClN5O2. The molecule has 7 nitrogen and oxygen atoms in total. The molecule has 5 rings (SSSR count). The van der Waals surface area contributed by atoms with E-state index in [1.54, 1.807) is 13.2 Å². The number of halogens is 2. The zero-order valence-electron chi connectivity index (χ0n) is 14.7. The number of anilines is 2. The van der Waals surface area contributed by atoms with Gasteiger partial charge in [0, 0.05) is 42.4 Å². The molecule has 2 aromatic rings. The first-order chi connectivity index (χ1) is 12.9. The molecule has 0 saturated carbocycles. The highest BCUT2D eigenvalue weighted by atomic mass is 79.9. The Morgan fingerprint density at radius 1 is 1.30 bits per heavy atom. The Hall–Kier alpha value is -1.90. The van der Waals surface area contributed by atoms with Crippen LogP contribution in [-0.4, -0.2) is 52.3 Å². The fraction of sp³-hybridized carbons (Fsp3) is 0.389. The van der Waals surface area contributed by atoms with E-state index < -0.39 is 0 Å². The summed E-state index contributed by atoms with van der Waals surface area (Å²) in [6.07, 6.45) is 2.69. The van der Waals surface area contributed by atoms with Crippen LogP contribution < -0.4 is 15.8 Å². The van der Waals surface area contributed by atoms with Crippen LogP contribution in [0.5, 0.6) is 0 Å². The topological polar surface area (TPSA) is 70.5 Å². The van der Waals surface area contributed by atoms with E-state index >= 15 is 0 Å². The Balaban J connectivity index is 1.38. The van der Waals surface area contributed by atoms with E-state index in [4.69, 9.17) is 11.6 Å². The normalized spacial score (nSPS) is 21.7. The molecular weight excluding hydrogens is 434 g/mol. The zero-order valence-corrected chi connectivity index (χ0v) is 17.1. The number of nitrogens with one attached hydrogen (secondary N) is 1. The zero-order chi connectivity index (χ0) is 19.1. The van der Waals surface area contributed by atoms with Crippen molar-refractivity contribution in [3.63, 3.8) is 0 Å².